The summed E-state index contributed by atoms with van der Waals surface area (Å²) in [5.41, 5.74) is 5.14. The fraction of sp³-hybridized carbons (Fsp3) is 0.923. The molecule has 17 heavy (non-hydrogen) atoms. The van der Waals surface area contributed by atoms with Gasteiger partial charge in [-0.2, -0.15) is 5.26 Å². The van der Waals surface area contributed by atoms with E-state index in [0.29, 0.717) is 0 Å². The van der Waals surface area contributed by atoms with Gasteiger partial charge in [0.15, 0.2) is 0 Å². The van der Waals surface area contributed by atoms with Gasteiger partial charge in [0, 0.05) is 13.1 Å². The van der Waals surface area contributed by atoms with Crippen molar-refractivity contribution in [2.75, 3.05) is 40.3 Å². The van der Waals surface area contributed by atoms with Crippen molar-refractivity contribution < 1.29 is 0 Å². The van der Waals surface area contributed by atoms with Gasteiger partial charge in [0.1, 0.15) is 5.54 Å². The van der Waals surface area contributed by atoms with Crippen LogP contribution >= 0.6 is 0 Å². The molecule has 0 bridgehead atoms. The number of rotatable bonds is 6. The molecule has 0 spiro atoms. The summed E-state index contributed by atoms with van der Waals surface area (Å²) in [7, 11) is 4.35. The van der Waals surface area contributed by atoms with Crippen molar-refractivity contribution in [3.63, 3.8) is 0 Å². The topological polar surface area (TPSA) is 56.3 Å². The van der Waals surface area contributed by atoms with E-state index in [0.717, 1.165) is 31.8 Å². The smallest absolute Gasteiger partial charge is 0.101 e. The molecule has 1 heterocycles. The second kappa shape index (κ2) is 6.34. The molecule has 4 heteroatoms. The van der Waals surface area contributed by atoms with Crippen LogP contribution in [0.2, 0.25) is 0 Å². The maximum atomic E-state index is 8.82. The van der Waals surface area contributed by atoms with E-state index >= 15 is 0 Å². The third-order valence-corrected chi connectivity index (χ3v) is 3.55. The first-order valence-electron chi connectivity index (χ1n) is 6.50. The molecule has 1 aliphatic rings. The minimum atomic E-state index is -0.658. The lowest BCUT2D eigenvalue weighted by molar-refractivity contribution is 0.264. The summed E-state index contributed by atoms with van der Waals surface area (Å²) in [6, 6.07) is 2.15. The predicted octanol–water partition coefficient (Wildman–Crippen LogP) is 0.891. The Morgan fingerprint density at radius 1 is 1.59 bits per heavy atom. The Balaban J connectivity index is 2.13. The van der Waals surface area contributed by atoms with E-state index in [4.69, 9.17) is 11.0 Å². The zero-order valence-electron chi connectivity index (χ0n) is 11.4. The van der Waals surface area contributed by atoms with Crippen LogP contribution in [0.1, 0.15) is 26.2 Å². The molecule has 98 valence electrons. The van der Waals surface area contributed by atoms with Crippen molar-refractivity contribution in [2.24, 2.45) is 11.7 Å². The average molecular weight is 238 g/mol. The van der Waals surface area contributed by atoms with Crippen LogP contribution in [0.15, 0.2) is 0 Å². The molecule has 0 radical (unpaired) electrons. The number of nitrogens with two attached hydrogens (primary N) is 1. The quantitative estimate of drug-likeness (QED) is 0.746. The van der Waals surface area contributed by atoms with Gasteiger partial charge in [-0.15, -0.1) is 0 Å². The molecule has 4 nitrogen and oxygen atoms in total. The molecular formula is C13H26N4. The molecule has 2 unspecified atom stereocenters. The summed E-state index contributed by atoms with van der Waals surface area (Å²) in [5.74, 6) is 0.810. The van der Waals surface area contributed by atoms with Gasteiger partial charge in [0.2, 0.25) is 0 Å². The van der Waals surface area contributed by atoms with Crippen molar-refractivity contribution in [2.45, 2.75) is 31.7 Å². The molecule has 0 aromatic carbocycles. The second-order valence-corrected chi connectivity index (χ2v) is 5.81. The number of likely N-dealkylation sites (tertiary alicyclic amines) is 1. The summed E-state index contributed by atoms with van der Waals surface area (Å²) in [4.78, 5) is 4.77. The lowest BCUT2D eigenvalue weighted by atomic mass is 9.99. The Kier molecular flexibility index (Phi) is 5.38. The first-order chi connectivity index (χ1) is 7.93. The molecule has 1 fully saturated rings. The van der Waals surface area contributed by atoms with E-state index in [-0.39, 0.29) is 0 Å². The van der Waals surface area contributed by atoms with Gasteiger partial charge in [-0.25, -0.2) is 0 Å². The van der Waals surface area contributed by atoms with E-state index < -0.39 is 5.54 Å². The molecule has 0 saturated carbocycles. The SMILES string of the molecule is CN(CCCC(C)(N)C#N)CC1CCN(C)C1. The standard InChI is InChI=1S/C13H26N4/c1-13(15,11-14)6-4-7-16(2)9-12-5-8-17(3)10-12/h12H,4-10,15H2,1-3H3. The Labute approximate surface area is 105 Å². The lowest BCUT2D eigenvalue weighted by Gasteiger charge is -2.22. The Bertz CT molecular complexity index is 269. The van der Waals surface area contributed by atoms with Gasteiger partial charge in [-0.1, -0.05) is 0 Å². The first kappa shape index (κ1) is 14.4. The van der Waals surface area contributed by atoms with Gasteiger partial charge >= 0.3 is 0 Å². The lowest BCUT2D eigenvalue weighted by Crippen LogP contribution is -2.35. The van der Waals surface area contributed by atoms with Gasteiger partial charge in [-0.3, -0.25) is 0 Å². The monoisotopic (exact) mass is 238 g/mol. The predicted molar refractivity (Wildman–Crippen MR) is 70.5 cm³/mol. The fourth-order valence-corrected chi connectivity index (χ4v) is 2.48. The maximum Gasteiger partial charge on any atom is 0.101 e. The van der Waals surface area contributed by atoms with Crippen LogP contribution < -0.4 is 5.73 Å². The molecule has 0 aliphatic carbocycles. The number of nitriles is 1. The summed E-state index contributed by atoms with van der Waals surface area (Å²) in [6.07, 6.45) is 3.09. The summed E-state index contributed by atoms with van der Waals surface area (Å²) in [6.45, 7) is 6.46. The van der Waals surface area contributed by atoms with Crippen LogP contribution in [0.5, 0.6) is 0 Å². The van der Waals surface area contributed by atoms with E-state index in [1.807, 2.05) is 0 Å². The molecule has 0 aromatic heterocycles. The number of hydrogen-bond acceptors (Lipinski definition) is 4. The summed E-state index contributed by atoms with van der Waals surface area (Å²) >= 11 is 0. The molecule has 1 rings (SSSR count). The van der Waals surface area contributed by atoms with Crippen molar-refractivity contribution in [3.05, 3.63) is 0 Å². The molecule has 1 aliphatic heterocycles. The largest absolute Gasteiger partial charge is 0.314 e. The highest BCUT2D eigenvalue weighted by molar-refractivity contribution is 5.00. The summed E-state index contributed by atoms with van der Waals surface area (Å²) in [5, 5.41) is 8.82. The van der Waals surface area contributed by atoms with E-state index in [9.17, 15) is 0 Å². The normalized spacial score (nSPS) is 24.8. The molecule has 0 amide bonds. The van der Waals surface area contributed by atoms with Crippen LogP contribution in [0.3, 0.4) is 0 Å². The van der Waals surface area contributed by atoms with Crippen LogP contribution in [0.25, 0.3) is 0 Å². The zero-order valence-corrected chi connectivity index (χ0v) is 11.4. The second-order valence-electron chi connectivity index (χ2n) is 5.81. The molecule has 2 atom stereocenters. The van der Waals surface area contributed by atoms with Crippen molar-refractivity contribution in [1.82, 2.24) is 9.80 Å². The highest BCUT2D eigenvalue weighted by atomic mass is 15.1. The van der Waals surface area contributed by atoms with Gasteiger partial charge in [0.25, 0.3) is 0 Å². The Morgan fingerprint density at radius 2 is 2.29 bits per heavy atom. The van der Waals surface area contributed by atoms with Crippen molar-refractivity contribution in [1.29, 1.82) is 5.26 Å². The maximum absolute atomic E-state index is 8.82. The molecular weight excluding hydrogens is 212 g/mol. The Hall–Kier alpha value is -0.630. The third kappa shape index (κ3) is 5.49. The number of nitrogens with zero attached hydrogens (tertiary/aromatic N) is 3. The zero-order chi connectivity index (χ0) is 12.9. The highest BCUT2D eigenvalue weighted by Gasteiger charge is 2.21. The number of hydrogen-bond donors (Lipinski definition) is 1. The molecule has 1 saturated heterocycles. The van der Waals surface area contributed by atoms with Crippen LogP contribution in [0, 0.1) is 17.2 Å². The van der Waals surface area contributed by atoms with Gasteiger partial charge < -0.3 is 15.5 Å². The van der Waals surface area contributed by atoms with Crippen molar-refractivity contribution >= 4 is 0 Å². The molecule has 0 aromatic rings. The average Bonchev–Trinajstić information content (AvgIpc) is 2.63. The first-order valence-corrected chi connectivity index (χ1v) is 6.50. The van der Waals surface area contributed by atoms with Gasteiger partial charge in [-0.05, 0) is 59.3 Å². The van der Waals surface area contributed by atoms with Crippen LogP contribution in [-0.2, 0) is 0 Å². The third-order valence-electron chi connectivity index (χ3n) is 3.55. The van der Waals surface area contributed by atoms with Crippen LogP contribution in [0.4, 0.5) is 0 Å². The molecule has 2 N–H and O–H groups in total. The minimum Gasteiger partial charge on any atom is -0.314 e. The van der Waals surface area contributed by atoms with E-state index in [1.54, 1.807) is 6.92 Å². The van der Waals surface area contributed by atoms with Crippen LogP contribution in [-0.4, -0.2) is 55.6 Å². The minimum absolute atomic E-state index is 0.658. The van der Waals surface area contributed by atoms with Crippen molar-refractivity contribution in [3.8, 4) is 6.07 Å². The Morgan fingerprint density at radius 3 is 2.82 bits per heavy atom. The van der Waals surface area contributed by atoms with E-state index in [2.05, 4.69) is 30.0 Å². The highest BCUT2D eigenvalue weighted by Crippen LogP contribution is 2.15. The summed E-state index contributed by atoms with van der Waals surface area (Å²) < 4.78 is 0. The van der Waals surface area contributed by atoms with E-state index in [1.165, 1.54) is 19.5 Å². The van der Waals surface area contributed by atoms with Gasteiger partial charge in [0.05, 0.1) is 6.07 Å². The fourth-order valence-electron chi connectivity index (χ4n) is 2.48.